The van der Waals surface area contributed by atoms with Crippen molar-refractivity contribution in [3.8, 4) is 5.95 Å². The van der Waals surface area contributed by atoms with Crippen molar-refractivity contribution in [2.75, 3.05) is 13.7 Å². The second kappa shape index (κ2) is 13.6. The van der Waals surface area contributed by atoms with Crippen LogP contribution in [0.4, 0.5) is 0 Å². The Kier molecular flexibility index (Phi) is 11.9. The van der Waals surface area contributed by atoms with Crippen LogP contribution in [0, 0.1) is 10.1 Å². The van der Waals surface area contributed by atoms with E-state index in [1.165, 1.54) is 17.1 Å². The number of fused-ring (bicyclic) bond motifs is 1. The zero-order valence-electron chi connectivity index (χ0n) is 17.5. The fourth-order valence-corrected chi connectivity index (χ4v) is 1.94. The highest BCUT2D eigenvalue weighted by atomic mass is 16.6. The number of hydrogen-bond donors (Lipinski definition) is 1. The van der Waals surface area contributed by atoms with Crippen molar-refractivity contribution < 1.29 is 14.5 Å². The van der Waals surface area contributed by atoms with Gasteiger partial charge in [0.15, 0.2) is 7.05 Å². The standard InChI is InChI=1S/C14H12N4O3.2C2H6.CH3NO2/c1-2-21-13(20)9-7-15-18(8-9)14-16-11-6-4-3-5-10(11)12(19)17-14;2*1-2;1-2(3)4/h3-8H,2H2,1H3,(H,16,17,19);2*1-2H3;1H3. The molecule has 0 spiro atoms. The van der Waals surface area contributed by atoms with Crippen molar-refractivity contribution in [1.82, 2.24) is 19.7 Å². The van der Waals surface area contributed by atoms with Crippen molar-refractivity contribution in [2.24, 2.45) is 0 Å². The molecule has 10 heteroatoms. The summed E-state index contributed by atoms with van der Waals surface area (Å²) in [7, 11) is 0.889. The second-order valence-corrected chi connectivity index (χ2v) is 4.74. The maximum absolute atomic E-state index is 12.0. The molecule has 0 bridgehead atoms. The monoisotopic (exact) mass is 405 g/mol. The van der Waals surface area contributed by atoms with Crippen LogP contribution in [0.3, 0.4) is 0 Å². The number of aromatic nitrogens is 4. The zero-order valence-corrected chi connectivity index (χ0v) is 17.5. The van der Waals surface area contributed by atoms with Gasteiger partial charge in [-0.05, 0) is 19.1 Å². The van der Waals surface area contributed by atoms with Gasteiger partial charge >= 0.3 is 5.97 Å². The van der Waals surface area contributed by atoms with E-state index in [0.717, 1.165) is 7.05 Å². The second-order valence-electron chi connectivity index (χ2n) is 4.74. The smallest absolute Gasteiger partial charge is 0.341 e. The topological polar surface area (TPSA) is 133 Å². The highest BCUT2D eigenvalue weighted by molar-refractivity contribution is 5.88. The Morgan fingerprint density at radius 3 is 2.41 bits per heavy atom. The van der Waals surface area contributed by atoms with E-state index >= 15 is 0 Å². The lowest BCUT2D eigenvalue weighted by molar-refractivity contribution is -0.445. The molecule has 1 N–H and O–H groups in total. The Morgan fingerprint density at radius 1 is 1.24 bits per heavy atom. The van der Waals surface area contributed by atoms with Crippen LogP contribution in [-0.4, -0.2) is 44.3 Å². The largest absolute Gasteiger partial charge is 0.462 e. The van der Waals surface area contributed by atoms with E-state index < -0.39 is 10.9 Å². The molecule has 0 unspecified atom stereocenters. The molecule has 3 aromatic rings. The fraction of sp³-hybridized carbons (Fsp3) is 0.368. The predicted molar refractivity (Wildman–Crippen MR) is 111 cm³/mol. The van der Waals surface area contributed by atoms with Crippen LogP contribution in [0.25, 0.3) is 16.9 Å². The minimum atomic E-state index is -0.500. The minimum Gasteiger partial charge on any atom is -0.462 e. The molecule has 1 aromatic carbocycles. The van der Waals surface area contributed by atoms with Crippen molar-refractivity contribution >= 4 is 16.9 Å². The fourth-order valence-electron chi connectivity index (χ4n) is 1.94. The number of nitrogens with one attached hydrogen (secondary N) is 1. The molecular formula is C19H27N5O5. The van der Waals surface area contributed by atoms with Gasteiger partial charge in [-0.25, -0.2) is 14.5 Å². The van der Waals surface area contributed by atoms with Crippen LogP contribution in [0.2, 0.25) is 0 Å². The first-order valence-electron chi connectivity index (χ1n) is 9.21. The lowest BCUT2D eigenvalue weighted by atomic mass is 10.2. The Balaban J connectivity index is 0.000000859. The summed E-state index contributed by atoms with van der Waals surface area (Å²) < 4.78 is 6.22. The third kappa shape index (κ3) is 7.91. The zero-order chi connectivity index (χ0) is 22.4. The molecule has 0 amide bonds. The number of aromatic amines is 1. The average molecular weight is 405 g/mol. The predicted octanol–water partition coefficient (Wildman–Crippen LogP) is 3.23. The van der Waals surface area contributed by atoms with Gasteiger partial charge in [-0.15, -0.1) is 0 Å². The number of nitro groups is 1. The molecule has 0 aliphatic rings. The quantitative estimate of drug-likeness (QED) is 0.402. The van der Waals surface area contributed by atoms with E-state index in [1.54, 1.807) is 31.2 Å². The number of rotatable bonds is 3. The summed E-state index contributed by atoms with van der Waals surface area (Å²) in [5.41, 5.74) is 0.598. The highest BCUT2D eigenvalue weighted by Crippen LogP contribution is 2.09. The van der Waals surface area contributed by atoms with E-state index in [-0.39, 0.29) is 18.1 Å². The summed E-state index contributed by atoms with van der Waals surface area (Å²) in [6.45, 7) is 10.0. The van der Waals surface area contributed by atoms with Gasteiger partial charge in [0.05, 0.1) is 29.3 Å². The van der Waals surface area contributed by atoms with Crippen molar-refractivity contribution in [1.29, 1.82) is 0 Å². The highest BCUT2D eigenvalue weighted by Gasteiger charge is 2.12. The summed E-state index contributed by atoms with van der Waals surface area (Å²) in [6.07, 6.45) is 2.83. The number of nitrogens with zero attached hydrogens (tertiary/aromatic N) is 4. The van der Waals surface area contributed by atoms with Crippen molar-refractivity contribution in [3.63, 3.8) is 0 Å². The maximum Gasteiger partial charge on any atom is 0.341 e. The van der Waals surface area contributed by atoms with Crippen molar-refractivity contribution in [3.05, 3.63) is 62.7 Å². The molecule has 2 heterocycles. The third-order valence-electron chi connectivity index (χ3n) is 2.91. The number of carbonyl (C=O) groups excluding carboxylic acids is 1. The van der Waals surface area contributed by atoms with E-state index in [2.05, 4.69) is 15.1 Å². The van der Waals surface area contributed by atoms with Gasteiger partial charge in [0, 0.05) is 11.1 Å². The summed E-state index contributed by atoms with van der Waals surface area (Å²) in [4.78, 5) is 38.8. The third-order valence-corrected chi connectivity index (χ3v) is 2.91. The molecule has 2 aromatic heterocycles. The lowest BCUT2D eigenvalue weighted by Crippen LogP contribution is -2.13. The van der Waals surface area contributed by atoms with E-state index in [0.29, 0.717) is 16.5 Å². The maximum atomic E-state index is 12.0. The molecule has 0 saturated carbocycles. The van der Waals surface area contributed by atoms with E-state index in [4.69, 9.17) is 14.9 Å². The van der Waals surface area contributed by atoms with Crippen LogP contribution in [0.15, 0.2) is 41.5 Å². The summed E-state index contributed by atoms with van der Waals surface area (Å²) in [6, 6.07) is 7.00. The van der Waals surface area contributed by atoms with Crippen molar-refractivity contribution in [2.45, 2.75) is 34.6 Å². The molecule has 0 fully saturated rings. The molecule has 3 rings (SSSR count). The number of H-pyrrole nitrogens is 1. The molecule has 29 heavy (non-hydrogen) atoms. The lowest BCUT2D eigenvalue weighted by Gasteiger charge is -2.02. The summed E-state index contributed by atoms with van der Waals surface area (Å²) >= 11 is 0. The Labute approximate surface area is 168 Å². The molecule has 10 nitrogen and oxygen atoms in total. The van der Waals surface area contributed by atoms with Gasteiger partial charge in [0.1, 0.15) is 0 Å². The van der Waals surface area contributed by atoms with Crippen LogP contribution in [0.5, 0.6) is 0 Å². The molecule has 0 atom stereocenters. The molecule has 0 aliphatic heterocycles. The van der Waals surface area contributed by atoms with Crippen LogP contribution in [-0.2, 0) is 4.74 Å². The molecule has 0 aliphatic carbocycles. The number of esters is 1. The van der Waals surface area contributed by atoms with E-state index in [1.807, 2.05) is 27.7 Å². The van der Waals surface area contributed by atoms with Gasteiger partial charge < -0.3 is 4.74 Å². The molecule has 158 valence electrons. The van der Waals surface area contributed by atoms with Gasteiger partial charge in [0.2, 0.25) is 5.95 Å². The Morgan fingerprint density at radius 2 is 1.83 bits per heavy atom. The molecule has 0 radical (unpaired) electrons. The average Bonchev–Trinajstić information content (AvgIpc) is 3.21. The normalized spacial score (nSPS) is 9.03. The van der Waals surface area contributed by atoms with Crippen LogP contribution in [0.1, 0.15) is 45.0 Å². The Hall–Kier alpha value is -3.56. The summed E-state index contributed by atoms with van der Waals surface area (Å²) in [5, 5.41) is 13.3. The number of carbonyl (C=O) groups is 1. The SMILES string of the molecule is CC.CC.CCOC(=O)c1cnn(-c2nc3ccccc3c(=O)[nH]2)c1.C[N+](=O)[O-]. The molecule has 0 saturated heterocycles. The summed E-state index contributed by atoms with van der Waals surface area (Å²) in [5.74, 6) is -0.221. The van der Waals surface area contributed by atoms with Gasteiger partial charge in [-0.3, -0.25) is 19.9 Å². The molecular weight excluding hydrogens is 378 g/mol. The minimum absolute atomic E-state index is 0.245. The first-order valence-corrected chi connectivity index (χ1v) is 9.21. The first-order chi connectivity index (χ1) is 13.9. The number of hydrogen-bond acceptors (Lipinski definition) is 7. The van der Waals surface area contributed by atoms with E-state index in [9.17, 15) is 9.59 Å². The van der Waals surface area contributed by atoms with Gasteiger partial charge in [0.25, 0.3) is 5.56 Å². The number of benzene rings is 1. The van der Waals surface area contributed by atoms with Crippen LogP contribution >= 0.6 is 0 Å². The Bertz CT molecular complexity index is 961. The van der Waals surface area contributed by atoms with Gasteiger partial charge in [-0.1, -0.05) is 39.8 Å². The number of ether oxygens (including phenoxy) is 1. The van der Waals surface area contributed by atoms with Gasteiger partial charge in [-0.2, -0.15) is 5.10 Å². The van der Waals surface area contributed by atoms with Crippen LogP contribution < -0.4 is 5.56 Å². The first kappa shape index (κ1) is 25.4. The number of para-hydroxylation sites is 1.